The second kappa shape index (κ2) is 8.08. The molecular formula is C21H24Cl2N2O3S. The molecule has 0 unspecified atom stereocenters. The Bertz CT molecular complexity index is 1010. The third-order valence-corrected chi connectivity index (χ3v) is 7.33. The minimum Gasteiger partial charge on any atom is -0.484 e. The maximum absolute atomic E-state index is 11.7. The van der Waals surface area contributed by atoms with Crippen molar-refractivity contribution >= 4 is 33.0 Å². The second-order valence-corrected chi connectivity index (χ2v) is 10.7. The van der Waals surface area contributed by atoms with Crippen molar-refractivity contribution in [3.8, 4) is 5.75 Å². The van der Waals surface area contributed by atoms with Crippen LogP contribution in [0.3, 0.4) is 0 Å². The Morgan fingerprint density at radius 2 is 1.90 bits per heavy atom. The quantitative estimate of drug-likeness (QED) is 0.762. The fraction of sp³-hybridized carbons (Fsp3) is 0.429. The number of halogens is 2. The second-order valence-electron chi connectivity index (χ2n) is 7.86. The number of fused-ring (bicyclic) bond motifs is 1. The molecule has 0 bridgehead atoms. The normalized spacial score (nSPS) is 25.0. The van der Waals surface area contributed by atoms with Gasteiger partial charge in [-0.1, -0.05) is 23.2 Å². The summed E-state index contributed by atoms with van der Waals surface area (Å²) in [5.74, 6) is 0.625. The van der Waals surface area contributed by atoms with Gasteiger partial charge >= 0.3 is 0 Å². The molecule has 1 saturated heterocycles. The highest BCUT2D eigenvalue weighted by molar-refractivity contribution is 7.90. The molecule has 4 rings (SSSR count). The summed E-state index contributed by atoms with van der Waals surface area (Å²) in [6.07, 6.45) is 1.77. The molecular weight excluding hydrogens is 431 g/mol. The van der Waals surface area contributed by atoms with Gasteiger partial charge in [0.2, 0.25) is 0 Å². The van der Waals surface area contributed by atoms with Crippen LogP contribution in [-0.2, 0) is 16.3 Å². The lowest BCUT2D eigenvalue weighted by atomic mass is 10.1. The Morgan fingerprint density at radius 3 is 2.55 bits per heavy atom. The van der Waals surface area contributed by atoms with Crippen LogP contribution in [0.1, 0.15) is 24.2 Å². The molecule has 0 spiro atoms. The zero-order valence-electron chi connectivity index (χ0n) is 16.4. The summed E-state index contributed by atoms with van der Waals surface area (Å²) in [5, 5.41) is 4.73. The number of nitrogens with one attached hydrogen (secondary N) is 1. The van der Waals surface area contributed by atoms with E-state index in [2.05, 4.69) is 17.1 Å². The third-order valence-electron chi connectivity index (χ3n) is 5.65. The lowest BCUT2D eigenvalue weighted by Crippen LogP contribution is -2.54. The van der Waals surface area contributed by atoms with Crippen LogP contribution in [0.15, 0.2) is 41.3 Å². The van der Waals surface area contributed by atoms with Crippen molar-refractivity contribution in [2.45, 2.75) is 36.4 Å². The van der Waals surface area contributed by atoms with Gasteiger partial charge in [-0.05, 0) is 55.3 Å². The number of sulfone groups is 1. The summed E-state index contributed by atoms with van der Waals surface area (Å²) >= 11 is 12.8. The Kier molecular flexibility index (Phi) is 5.84. The van der Waals surface area contributed by atoms with E-state index in [0.29, 0.717) is 21.8 Å². The number of ether oxygens (including phenoxy) is 1. The van der Waals surface area contributed by atoms with Crippen molar-refractivity contribution in [1.29, 1.82) is 0 Å². The maximum Gasteiger partial charge on any atom is 0.175 e. The van der Waals surface area contributed by atoms with Crippen molar-refractivity contribution in [1.82, 2.24) is 10.2 Å². The van der Waals surface area contributed by atoms with Gasteiger partial charge in [0.05, 0.1) is 10.9 Å². The first kappa shape index (κ1) is 20.9. The SMILES string of the molecule is C[C@@H]1CN([C@H]2Cc3c(Cl)cc(Cl)cc3[C@H]2Oc2ccc(S(C)(=O)=O)cc2)CCN1. The van der Waals surface area contributed by atoms with Crippen molar-refractivity contribution in [2.24, 2.45) is 0 Å². The van der Waals surface area contributed by atoms with E-state index in [-0.39, 0.29) is 17.0 Å². The van der Waals surface area contributed by atoms with E-state index < -0.39 is 9.84 Å². The van der Waals surface area contributed by atoms with Crippen molar-refractivity contribution < 1.29 is 13.2 Å². The number of rotatable bonds is 4. The minimum atomic E-state index is -3.25. The molecule has 0 radical (unpaired) electrons. The number of hydrogen-bond acceptors (Lipinski definition) is 5. The number of piperazine rings is 1. The van der Waals surface area contributed by atoms with E-state index >= 15 is 0 Å². The van der Waals surface area contributed by atoms with E-state index in [1.807, 2.05) is 6.07 Å². The van der Waals surface area contributed by atoms with E-state index in [1.165, 1.54) is 6.26 Å². The molecule has 0 amide bonds. The smallest absolute Gasteiger partial charge is 0.175 e. The summed E-state index contributed by atoms with van der Waals surface area (Å²) < 4.78 is 29.9. The van der Waals surface area contributed by atoms with Crippen LogP contribution < -0.4 is 10.1 Å². The first-order valence-electron chi connectivity index (χ1n) is 9.64. The van der Waals surface area contributed by atoms with Gasteiger partial charge < -0.3 is 10.1 Å². The molecule has 8 heteroatoms. The number of hydrogen-bond donors (Lipinski definition) is 1. The Hall–Kier alpha value is -1.31. The van der Waals surface area contributed by atoms with E-state index in [0.717, 1.165) is 37.2 Å². The zero-order chi connectivity index (χ0) is 20.8. The Morgan fingerprint density at radius 1 is 1.17 bits per heavy atom. The predicted molar refractivity (Wildman–Crippen MR) is 116 cm³/mol. The van der Waals surface area contributed by atoms with Gasteiger partial charge in [0.1, 0.15) is 11.9 Å². The molecule has 0 aromatic heterocycles. The molecule has 1 aliphatic carbocycles. The lowest BCUT2D eigenvalue weighted by Gasteiger charge is -2.38. The van der Waals surface area contributed by atoms with Crippen molar-refractivity contribution in [3.05, 3.63) is 57.6 Å². The minimum absolute atomic E-state index is 0.139. The van der Waals surface area contributed by atoms with Crippen LogP contribution >= 0.6 is 23.2 Å². The molecule has 1 heterocycles. The van der Waals surface area contributed by atoms with E-state index in [9.17, 15) is 8.42 Å². The van der Waals surface area contributed by atoms with Crippen LogP contribution in [-0.4, -0.2) is 51.3 Å². The van der Waals surface area contributed by atoms with Gasteiger partial charge in [-0.25, -0.2) is 8.42 Å². The van der Waals surface area contributed by atoms with E-state index in [1.54, 1.807) is 30.3 Å². The van der Waals surface area contributed by atoms with Crippen molar-refractivity contribution in [2.75, 3.05) is 25.9 Å². The molecule has 2 aliphatic rings. The average molecular weight is 455 g/mol. The van der Waals surface area contributed by atoms with Gasteiger partial charge in [-0.2, -0.15) is 0 Å². The van der Waals surface area contributed by atoms with Gasteiger partial charge in [0.15, 0.2) is 9.84 Å². The molecule has 1 fully saturated rings. The van der Waals surface area contributed by atoms with Crippen LogP contribution in [0.4, 0.5) is 0 Å². The Labute approximate surface area is 181 Å². The molecule has 3 atom stereocenters. The molecule has 156 valence electrons. The molecule has 0 saturated carbocycles. The Balaban J connectivity index is 1.67. The largest absolute Gasteiger partial charge is 0.484 e. The van der Waals surface area contributed by atoms with Crippen LogP contribution in [0.25, 0.3) is 0 Å². The molecule has 1 N–H and O–H groups in total. The number of nitrogens with zero attached hydrogens (tertiary/aromatic N) is 1. The molecule has 2 aromatic carbocycles. The fourth-order valence-corrected chi connectivity index (χ4v) is 5.47. The molecule has 1 aliphatic heterocycles. The maximum atomic E-state index is 11.7. The summed E-state index contributed by atoms with van der Waals surface area (Å²) in [7, 11) is -3.25. The predicted octanol–water partition coefficient (Wildman–Crippen LogP) is 3.74. The summed E-state index contributed by atoms with van der Waals surface area (Å²) in [6, 6.07) is 10.8. The fourth-order valence-electron chi connectivity index (χ4n) is 4.25. The average Bonchev–Trinajstić information content (AvgIpc) is 3.00. The van der Waals surface area contributed by atoms with Crippen LogP contribution in [0.2, 0.25) is 10.0 Å². The first-order chi connectivity index (χ1) is 13.7. The van der Waals surface area contributed by atoms with Crippen molar-refractivity contribution in [3.63, 3.8) is 0 Å². The van der Waals surface area contributed by atoms with Gasteiger partial charge in [-0.3, -0.25) is 4.90 Å². The monoisotopic (exact) mass is 454 g/mol. The molecule has 2 aromatic rings. The van der Waals surface area contributed by atoms with Crippen LogP contribution in [0, 0.1) is 0 Å². The lowest BCUT2D eigenvalue weighted by molar-refractivity contribution is 0.0595. The summed E-state index contributed by atoms with van der Waals surface area (Å²) in [6.45, 7) is 4.97. The standard InChI is InChI=1S/C21H24Cl2N2O3S/c1-13-12-25(8-7-24-13)20-11-17-18(9-14(22)10-19(17)23)21(20)28-15-3-5-16(6-4-15)29(2,26)27/h3-6,9-10,13,20-21,24H,7-8,11-12H2,1-2H3/t13-,20+,21-/m1/s1. The summed E-state index contributed by atoms with van der Waals surface area (Å²) in [4.78, 5) is 2.72. The van der Waals surface area contributed by atoms with E-state index in [4.69, 9.17) is 27.9 Å². The highest BCUT2D eigenvalue weighted by Crippen LogP contribution is 2.42. The van der Waals surface area contributed by atoms with Gasteiger partial charge in [0.25, 0.3) is 0 Å². The number of benzene rings is 2. The highest BCUT2D eigenvalue weighted by atomic mass is 35.5. The molecule has 29 heavy (non-hydrogen) atoms. The third kappa shape index (κ3) is 4.42. The topological polar surface area (TPSA) is 58.6 Å². The first-order valence-corrected chi connectivity index (χ1v) is 12.3. The van der Waals surface area contributed by atoms with Gasteiger partial charge in [-0.15, -0.1) is 0 Å². The van der Waals surface area contributed by atoms with Gasteiger partial charge in [0, 0.05) is 47.5 Å². The summed E-state index contributed by atoms with van der Waals surface area (Å²) in [5.41, 5.74) is 2.08. The highest BCUT2D eigenvalue weighted by Gasteiger charge is 2.40. The zero-order valence-corrected chi connectivity index (χ0v) is 18.7. The molecule has 5 nitrogen and oxygen atoms in total. The van der Waals surface area contributed by atoms with Crippen LogP contribution in [0.5, 0.6) is 5.75 Å².